The van der Waals surface area contributed by atoms with Crippen molar-refractivity contribution in [3.8, 4) is 11.5 Å². The van der Waals surface area contributed by atoms with Crippen molar-refractivity contribution in [3.63, 3.8) is 0 Å². The van der Waals surface area contributed by atoms with E-state index in [1.54, 1.807) is 0 Å². The van der Waals surface area contributed by atoms with Gasteiger partial charge in [0.15, 0.2) is 22.7 Å². The Kier molecular flexibility index (Phi) is 3.85. The number of rotatable bonds is 4. The highest BCUT2D eigenvalue weighted by Gasteiger charge is 2.59. The van der Waals surface area contributed by atoms with Gasteiger partial charge in [-0.3, -0.25) is 9.59 Å². The average Bonchev–Trinajstić information content (AvgIpc) is 2.78. The molecule has 0 saturated heterocycles. The SMILES string of the molecule is COC(=O)C1(C(F)F)Cc2cc(OC)c(OC)cc2C1=O. The van der Waals surface area contributed by atoms with Gasteiger partial charge in [0.2, 0.25) is 0 Å². The van der Waals surface area contributed by atoms with Gasteiger partial charge in [0.1, 0.15) is 0 Å². The molecule has 2 rings (SSSR count). The lowest BCUT2D eigenvalue weighted by molar-refractivity contribution is -0.157. The minimum atomic E-state index is -3.16. The molecule has 21 heavy (non-hydrogen) atoms. The Bertz CT molecular complexity index is 599. The number of benzene rings is 1. The van der Waals surface area contributed by atoms with Gasteiger partial charge in [-0.2, -0.15) is 0 Å². The van der Waals surface area contributed by atoms with Crippen molar-refractivity contribution >= 4 is 11.8 Å². The maximum absolute atomic E-state index is 13.4. The second kappa shape index (κ2) is 5.31. The fraction of sp³-hybridized carbons (Fsp3) is 0.429. The number of fused-ring (bicyclic) bond motifs is 1. The van der Waals surface area contributed by atoms with E-state index in [1.807, 2.05) is 0 Å². The van der Waals surface area contributed by atoms with Crippen molar-refractivity contribution in [2.75, 3.05) is 21.3 Å². The molecule has 1 atom stereocenters. The zero-order valence-corrected chi connectivity index (χ0v) is 11.7. The monoisotopic (exact) mass is 300 g/mol. The smallest absolute Gasteiger partial charge is 0.326 e. The number of hydrogen-bond acceptors (Lipinski definition) is 5. The molecular formula is C14H14F2O5. The molecule has 1 aromatic carbocycles. The van der Waals surface area contributed by atoms with Gasteiger partial charge in [-0.15, -0.1) is 0 Å². The third-order valence-electron chi connectivity index (χ3n) is 3.65. The van der Waals surface area contributed by atoms with Crippen molar-refractivity contribution in [1.82, 2.24) is 0 Å². The van der Waals surface area contributed by atoms with Crippen LogP contribution in [-0.4, -0.2) is 39.5 Å². The minimum absolute atomic E-state index is 0.0263. The number of methoxy groups -OCH3 is 3. The lowest BCUT2D eigenvalue weighted by atomic mass is 9.84. The van der Waals surface area contributed by atoms with E-state index in [4.69, 9.17) is 9.47 Å². The van der Waals surface area contributed by atoms with Gasteiger partial charge in [0.05, 0.1) is 21.3 Å². The van der Waals surface area contributed by atoms with Gasteiger partial charge >= 0.3 is 5.97 Å². The van der Waals surface area contributed by atoms with Crippen LogP contribution in [0.4, 0.5) is 8.78 Å². The number of esters is 1. The van der Waals surface area contributed by atoms with Crippen LogP contribution in [0.25, 0.3) is 0 Å². The van der Waals surface area contributed by atoms with E-state index in [-0.39, 0.29) is 11.3 Å². The van der Waals surface area contributed by atoms with Gasteiger partial charge in [-0.1, -0.05) is 0 Å². The highest BCUT2D eigenvalue weighted by atomic mass is 19.3. The van der Waals surface area contributed by atoms with Gasteiger partial charge < -0.3 is 14.2 Å². The molecular weight excluding hydrogens is 286 g/mol. The molecule has 114 valence electrons. The summed E-state index contributed by atoms with van der Waals surface area (Å²) in [5.41, 5.74) is -2.16. The second-order valence-electron chi connectivity index (χ2n) is 4.63. The lowest BCUT2D eigenvalue weighted by Gasteiger charge is -2.22. The van der Waals surface area contributed by atoms with Crippen LogP contribution in [0.1, 0.15) is 15.9 Å². The Morgan fingerprint density at radius 3 is 2.24 bits per heavy atom. The molecule has 0 N–H and O–H groups in total. The highest BCUT2D eigenvalue weighted by molar-refractivity contribution is 6.16. The summed E-state index contributed by atoms with van der Waals surface area (Å²) >= 11 is 0. The maximum Gasteiger partial charge on any atom is 0.326 e. The number of Topliss-reactive ketones (excluding diaryl/α,β-unsaturated/α-hetero) is 1. The van der Waals surface area contributed by atoms with E-state index in [2.05, 4.69) is 4.74 Å². The third kappa shape index (κ3) is 2.03. The van der Waals surface area contributed by atoms with Gasteiger partial charge in [-0.25, -0.2) is 8.78 Å². The van der Waals surface area contributed by atoms with Crippen LogP contribution < -0.4 is 9.47 Å². The molecule has 7 heteroatoms. The van der Waals surface area contributed by atoms with Crippen molar-refractivity contribution in [2.24, 2.45) is 5.41 Å². The summed E-state index contributed by atoms with van der Waals surface area (Å²) in [4.78, 5) is 24.1. The zero-order chi connectivity index (χ0) is 15.8. The molecule has 1 unspecified atom stereocenters. The van der Waals surface area contributed by atoms with Gasteiger partial charge in [0.25, 0.3) is 6.43 Å². The number of carbonyl (C=O) groups is 2. The molecule has 0 aromatic heterocycles. The van der Waals surface area contributed by atoms with E-state index in [0.717, 1.165) is 7.11 Å². The van der Waals surface area contributed by atoms with Crippen LogP contribution in [0.5, 0.6) is 11.5 Å². The lowest BCUT2D eigenvalue weighted by Crippen LogP contribution is -2.44. The van der Waals surface area contributed by atoms with E-state index < -0.39 is 30.0 Å². The largest absolute Gasteiger partial charge is 0.493 e. The Balaban J connectivity index is 2.60. The molecule has 0 fully saturated rings. The summed E-state index contributed by atoms with van der Waals surface area (Å²) in [6, 6.07) is 2.74. The predicted octanol–water partition coefficient (Wildman–Crippen LogP) is 1.87. The van der Waals surface area contributed by atoms with E-state index in [9.17, 15) is 18.4 Å². The first-order valence-electron chi connectivity index (χ1n) is 6.08. The van der Waals surface area contributed by atoms with E-state index >= 15 is 0 Å². The number of hydrogen-bond donors (Lipinski definition) is 0. The maximum atomic E-state index is 13.4. The van der Waals surface area contributed by atoms with Gasteiger partial charge in [0, 0.05) is 12.0 Å². The van der Waals surface area contributed by atoms with Crippen LogP contribution in [-0.2, 0) is 16.0 Å². The van der Waals surface area contributed by atoms with Gasteiger partial charge in [-0.05, 0) is 17.7 Å². The molecule has 0 heterocycles. The summed E-state index contributed by atoms with van der Waals surface area (Å²) in [6.07, 6.45) is -3.59. The topological polar surface area (TPSA) is 61.8 Å². The zero-order valence-electron chi connectivity index (χ0n) is 11.7. The third-order valence-corrected chi connectivity index (χ3v) is 3.65. The fourth-order valence-electron chi connectivity index (χ4n) is 2.51. The molecule has 0 radical (unpaired) electrons. The number of ketones is 1. The van der Waals surface area contributed by atoms with Crippen LogP contribution >= 0.6 is 0 Å². The summed E-state index contributed by atoms with van der Waals surface area (Å²) in [5, 5.41) is 0. The molecule has 0 aliphatic heterocycles. The van der Waals surface area contributed by atoms with Crippen molar-refractivity contribution < 1.29 is 32.6 Å². The molecule has 1 aliphatic carbocycles. The molecule has 0 spiro atoms. The van der Waals surface area contributed by atoms with Crippen molar-refractivity contribution in [2.45, 2.75) is 12.8 Å². The van der Waals surface area contributed by atoms with E-state index in [1.165, 1.54) is 26.4 Å². The van der Waals surface area contributed by atoms with Crippen LogP contribution in [0.15, 0.2) is 12.1 Å². The number of alkyl halides is 2. The van der Waals surface area contributed by atoms with Crippen molar-refractivity contribution in [1.29, 1.82) is 0 Å². The van der Waals surface area contributed by atoms with Crippen LogP contribution in [0.3, 0.4) is 0 Å². The summed E-state index contributed by atoms with van der Waals surface area (Å²) in [5.74, 6) is -1.66. The summed E-state index contributed by atoms with van der Waals surface area (Å²) in [7, 11) is 3.73. The number of carbonyl (C=O) groups excluding carboxylic acids is 2. The Morgan fingerprint density at radius 1 is 1.19 bits per heavy atom. The first-order chi connectivity index (χ1) is 9.92. The normalized spacial score (nSPS) is 20.4. The van der Waals surface area contributed by atoms with Crippen LogP contribution in [0, 0.1) is 5.41 Å². The first-order valence-corrected chi connectivity index (χ1v) is 6.08. The summed E-state index contributed by atoms with van der Waals surface area (Å²) < 4.78 is 41.4. The number of ether oxygens (including phenoxy) is 3. The molecule has 1 aliphatic rings. The highest BCUT2D eigenvalue weighted by Crippen LogP contribution is 2.45. The number of halogens is 2. The second-order valence-corrected chi connectivity index (χ2v) is 4.63. The molecule has 0 bridgehead atoms. The molecule has 0 saturated carbocycles. The fourth-order valence-corrected chi connectivity index (χ4v) is 2.51. The quantitative estimate of drug-likeness (QED) is 0.627. The molecule has 5 nitrogen and oxygen atoms in total. The first kappa shape index (κ1) is 15.2. The summed E-state index contributed by atoms with van der Waals surface area (Å²) in [6.45, 7) is 0. The van der Waals surface area contributed by atoms with Crippen molar-refractivity contribution in [3.05, 3.63) is 23.3 Å². The average molecular weight is 300 g/mol. The molecule has 0 amide bonds. The Morgan fingerprint density at radius 2 is 1.76 bits per heavy atom. The minimum Gasteiger partial charge on any atom is -0.493 e. The van der Waals surface area contributed by atoms with E-state index in [0.29, 0.717) is 11.3 Å². The molecule has 1 aromatic rings. The Labute approximate surface area is 119 Å². The van der Waals surface area contributed by atoms with Crippen LogP contribution in [0.2, 0.25) is 0 Å². The Hall–Kier alpha value is -2.18. The predicted molar refractivity (Wildman–Crippen MR) is 68.0 cm³/mol. The standard InChI is InChI=1S/C14H14F2O5/c1-19-9-4-7-6-14(12(15)16,13(18)21-3)11(17)8(7)5-10(9)20-2/h4-5,12H,6H2,1-3H3.